The molecular formula is C23H25Cl3N2O2S2. The van der Waals surface area contributed by atoms with Crippen molar-refractivity contribution in [1.29, 1.82) is 0 Å². The lowest BCUT2D eigenvalue weighted by Crippen LogP contribution is -2.27. The van der Waals surface area contributed by atoms with E-state index in [0.29, 0.717) is 37.1 Å². The van der Waals surface area contributed by atoms with Gasteiger partial charge < -0.3 is 9.64 Å². The van der Waals surface area contributed by atoms with E-state index >= 15 is 0 Å². The van der Waals surface area contributed by atoms with E-state index in [0.717, 1.165) is 31.8 Å². The molecule has 0 bridgehead atoms. The number of carbonyl (C=O) groups is 1. The third-order valence-corrected chi connectivity index (χ3v) is 6.91. The van der Waals surface area contributed by atoms with Crippen molar-refractivity contribution in [3.63, 3.8) is 0 Å². The van der Waals surface area contributed by atoms with Crippen LogP contribution in [0.15, 0.2) is 47.4 Å². The molecule has 32 heavy (non-hydrogen) atoms. The highest BCUT2D eigenvalue weighted by Crippen LogP contribution is 2.38. The van der Waals surface area contributed by atoms with Crippen LogP contribution in [0.25, 0.3) is 6.08 Å². The number of amides is 1. The third-order valence-electron chi connectivity index (χ3n) is 4.95. The molecule has 0 radical (unpaired) electrons. The summed E-state index contributed by atoms with van der Waals surface area (Å²) in [7, 11) is 0. The predicted octanol–water partition coefficient (Wildman–Crippen LogP) is 6.93. The molecule has 0 atom stereocenters. The molecule has 1 heterocycles. The zero-order valence-corrected chi connectivity index (χ0v) is 21.8. The maximum absolute atomic E-state index is 13.0. The standard InChI is InChI=1S/C23H24Cl2N2O2S2.ClH/c1-3-26(4-2)13-6-14-29-17-11-9-16(10-12-17)27-22(28)21(31-23(27)30)15-18-19(24)7-5-8-20(18)25;/h5,7-12,15H,3-4,6,13-14H2,1-2H3;1H. The number of thioether (sulfide) groups is 1. The van der Waals surface area contributed by atoms with Crippen molar-refractivity contribution in [3.8, 4) is 5.75 Å². The highest BCUT2D eigenvalue weighted by atomic mass is 35.5. The second-order valence-electron chi connectivity index (χ2n) is 6.88. The van der Waals surface area contributed by atoms with E-state index in [1.54, 1.807) is 24.3 Å². The fourth-order valence-electron chi connectivity index (χ4n) is 3.18. The Morgan fingerprint density at radius 3 is 2.31 bits per heavy atom. The first kappa shape index (κ1) is 27.0. The second kappa shape index (κ2) is 12.8. The van der Waals surface area contributed by atoms with Crippen molar-refractivity contribution in [2.24, 2.45) is 0 Å². The van der Waals surface area contributed by atoms with Gasteiger partial charge in [-0.15, -0.1) is 12.4 Å². The summed E-state index contributed by atoms with van der Waals surface area (Å²) >= 11 is 19.2. The van der Waals surface area contributed by atoms with Gasteiger partial charge in [-0.2, -0.15) is 0 Å². The molecule has 0 N–H and O–H groups in total. The lowest BCUT2D eigenvalue weighted by Gasteiger charge is -2.18. The van der Waals surface area contributed by atoms with Crippen LogP contribution in [0.5, 0.6) is 5.75 Å². The van der Waals surface area contributed by atoms with Gasteiger partial charge in [-0.05, 0) is 62.0 Å². The molecule has 172 valence electrons. The fourth-order valence-corrected chi connectivity index (χ4v) is 4.97. The van der Waals surface area contributed by atoms with E-state index in [-0.39, 0.29) is 18.3 Å². The van der Waals surface area contributed by atoms with E-state index < -0.39 is 0 Å². The first-order valence-corrected chi connectivity index (χ1v) is 12.1. The van der Waals surface area contributed by atoms with Crippen molar-refractivity contribution in [2.75, 3.05) is 31.1 Å². The average Bonchev–Trinajstić information content (AvgIpc) is 3.04. The number of hydrogen-bond donors (Lipinski definition) is 0. The van der Waals surface area contributed by atoms with E-state index in [9.17, 15) is 4.79 Å². The first-order valence-electron chi connectivity index (χ1n) is 10.1. The Morgan fingerprint density at radius 1 is 1.09 bits per heavy atom. The summed E-state index contributed by atoms with van der Waals surface area (Å²) in [6, 6.07) is 12.6. The van der Waals surface area contributed by atoms with Crippen LogP contribution in [-0.2, 0) is 4.79 Å². The molecule has 0 aromatic heterocycles. The van der Waals surface area contributed by atoms with Crippen molar-refractivity contribution < 1.29 is 9.53 Å². The Bertz CT molecular complexity index is 959. The number of ether oxygens (including phenoxy) is 1. The van der Waals surface area contributed by atoms with Gasteiger partial charge in [0, 0.05) is 22.2 Å². The van der Waals surface area contributed by atoms with Crippen molar-refractivity contribution >= 4 is 81.6 Å². The van der Waals surface area contributed by atoms with Gasteiger partial charge in [-0.1, -0.05) is 67.1 Å². The Morgan fingerprint density at radius 2 is 1.72 bits per heavy atom. The fraction of sp³-hybridized carbons (Fsp3) is 0.304. The molecule has 4 nitrogen and oxygen atoms in total. The van der Waals surface area contributed by atoms with Crippen LogP contribution in [0.1, 0.15) is 25.8 Å². The van der Waals surface area contributed by atoms with Crippen molar-refractivity contribution in [1.82, 2.24) is 4.90 Å². The molecule has 1 saturated heterocycles. The zero-order valence-electron chi connectivity index (χ0n) is 17.8. The number of halogens is 3. The molecule has 0 aliphatic carbocycles. The minimum Gasteiger partial charge on any atom is -0.494 e. The number of thiocarbonyl (C=S) groups is 1. The Labute approximate surface area is 215 Å². The summed E-state index contributed by atoms with van der Waals surface area (Å²) < 4.78 is 6.30. The number of rotatable bonds is 9. The molecule has 1 aliphatic rings. The van der Waals surface area contributed by atoms with Gasteiger partial charge in [-0.3, -0.25) is 9.69 Å². The normalized spacial score (nSPS) is 14.9. The number of benzene rings is 2. The summed E-state index contributed by atoms with van der Waals surface area (Å²) in [5, 5.41) is 0.973. The van der Waals surface area contributed by atoms with Crippen molar-refractivity contribution in [3.05, 3.63) is 63.0 Å². The molecule has 3 rings (SSSR count). The topological polar surface area (TPSA) is 32.8 Å². The third kappa shape index (κ3) is 6.62. The number of hydrogen-bond acceptors (Lipinski definition) is 5. The van der Waals surface area contributed by atoms with Crippen LogP contribution in [-0.4, -0.2) is 41.4 Å². The largest absolute Gasteiger partial charge is 0.494 e. The maximum atomic E-state index is 13.0. The van der Waals surface area contributed by atoms with Crippen LogP contribution in [0.3, 0.4) is 0 Å². The van der Waals surface area contributed by atoms with E-state index in [4.69, 9.17) is 40.2 Å². The van der Waals surface area contributed by atoms with Crippen LogP contribution in [0.4, 0.5) is 5.69 Å². The Kier molecular flexibility index (Phi) is 10.8. The predicted molar refractivity (Wildman–Crippen MR) is 144 cm³/mol. The highest BCUT2D eigenvalue weighted by molar-refractivity contribution is 8.27. The summed E-state index contributed by atoms with van der Waals surface area (Å²) in [5.41, 5.74) is 1.31. The summed E-state index contributed by atoms with van der Waals surface area (Å²) in [6.07, 6.45) is 2.66. The van der Waals surface area contributed by atoms with Crippen LogP contribution >= 0.6 is 59.6 Å². The Balaban J connectivity index is 0.00000363. The molecule has 0 spiro atoms. The molecular weight excluding hydrogens is 507 g/mol. The second-order valence-corrected chi connectivity index (χ2v) is 9.37. The molecule has 0 saturated carbocycles. The molecule has 0 unspecified atom stereocenters. The minimum atomic E-state index is -0.195. The first-order chi connectivity index (χ1) is 14.9. The van der Waals surface area contributed by atoms with E-state index in [2.05, 4.69) is 18.7 Å². The summed E-state index contributed by atoms with van der Waals surface area (Å²) in [6.45, 7) is 8.09. The Hall–Kier alpha value is -1.28. The van der Waals surface area contributed by atoms with Gasteiger partial charge in [0.2, 0.25) is 0 Å². The lowest BCUT2D eigenvalue weighted by molar-refractivity contribution is -0.113. The molecule has 1 amide bonds. The molecule has 1 aliphatic heterocycles. The zero-order chi connectivity index (χ0) is 22.4. The number of nitrogens with zero attached hydrogens (tertiary/aromatic N) is 2. The van der Waals surface area contributed by atoms with Crippen molar-refractivity contribution in [2.45, 2.75) is 20.3 Å². The van der Waals surface area contributed by atoms with Gasteiger partial charge in [0.15, 0.2) is 4.32 Å². The molecule has 2 aromatic rings. The number of carbonyl (C=O) groups excluding carboxylic acids is 1. The maximum Gasteiger partial charge on any atom is 0.270 e. The van der Waals surface area contributed by atoms with Gasteiger partial charge in [-0.25, -0.2) is 0 Å². The molecule has 9 heteroatoms. The monoisotopic (exact) mass is 530 g/mol. The summed E-state index contributed by atoms with van der Waals surface area (Å²) in [4.78, 5) is 17.4. The van der Waals surface area contributed by atoms with Gasteiger partial charge in [0.1, 0.15) is 5.75 Å². The van der Waals surface area contributed by atoms with E-state index in [1.165, 1.54) is 16.7 Å². The van der Waals surface area contributed by atoms with Gasteiger partial charge in [0.25, 0.3) is 5.91 Å². The molecule has 2 aromatic carbocycles. The van der Waals surface area contributed by atoms with Gasteiger partial charge in [0.05, 0.1) is 17.2 Å². The van der Waals surface area contributed by atoms with Crippen LogP contribution < -0.4 is 9.64 Å². The highest BCUT2D eigenvalue weighted by Gasteiger charge is 2.33. The van der Waals surface area contributed by atoms with Crippen LogP contribution in [0, 0.1) is 0 Å². The lowest BCUT2D eigenvalue weighted by atomic mass is 10.2. The number of anilines is 1. The van der Waals surface area contributed by atoms with Crippen LogP contribution in [0.2, 0.25) is 10.0 Å². The molecule has 1 fully saturated rings. The minimum absolute atomic E-state index is 0. The smallest absolute Gasteiger partial charge is 0.270 e. The van der Waals surface area contributed by atoms with E-state index in [1.807, 2.05) is 24.3 Å². The quantitative estimate of drug-likeness (QED) is 0.199. The SMILES string of the molecule is CCN(CC)CCCOc1ccc(N2C(=O)C(=Cc3c(Cl)cccc3Cl)SC2=S)cc1.Cl. The summed E-state index contributed by atoms with van der Waals surface area (Å²) in [5.74, 6) is 0.575. The van der Waals surface area contributed by atoms with Gasteiger partial charge >= 0.3 is 0 Å². The average molecular weight is 532 g/mol.